The number of benzene rings is 2. The predicted molar refractivity (Wildman–Crippen MR) is 102 cm³/mol. The van der Waals surface area contributed by atoms with Crippen LogP contribution >= 0.6 is 11.8 Å². The van der Waals surface area contributed by atoms with Crippen LogP contribution < -0.4 is 10.6 Å². The van der Waals surface area contributed by atoms with Gasteiger partial charge in [0, 0.05) is 22.7 Å². The molecule has 126 valence electrons. The Morgan fingerprint density at radius 1 is 1.25 bits per heavy atom. The molecule has 0 aliphatic carbocycles. The highest BCUT2D eigenvalue weighted by Gasteiger charge is 2.15. The fraction of sp³-hybridized carbons (Fsp3) is 0.350. The SMILES string of the molecule is CCSc1cccc(C(=O)Nc2ccc(C3CCCNC3)cc2)c1. The molecular formula is C20H24N2OS. The van der Waals surface area contributed by atoms with E-state index < -0.39 is 0 Å². The fourth-order valence-electron chi connectivity index (χ4n) is 3.07. The van der Waals surface area contributed by atoms with Gasteiger partial charge in [-0.05, 0) is 67.0 Å². The third-order valence-electron chi connectivity index (χ3n) is 4.34. The number of hydrogen-bond acceptors (Lipinski definition) is 3. The van der Waals surface area contributed by atoms with Gasteiger partial charge < -0.3 is 10.6 Å². The molecule has 0 saturated carbocycles. The Morgan fingerprint density at radius 2 is 2.08 bits per heavy atom. The summed E-state index contributed by atoms with van der Waals surface area (Å²) in [6, 6.07) is 16.1. The van der Waals surface area contributed by atoms with E-state index in [9.17, 15) is 4.79 Å². The lowest BCUT2D eigenvalue weighted by molar-refractivity contribution is 0.102. The lowest BCUT2D eigenvalue weighted by Crippen LogP contribution is -2.28. The molecule has 1 unspecified atom stereocenters. The van der Waals surface area contributed by atoms with Crippen molar-refractivity contribution >= 4 is 23.4 Å². The Labute approximate surface area is 148 Å². The van der Waals surface area contributed by atoms with E-state index >= 15 is 0 Å². The van der Waals surface area contributed by atoms with Crippen LogP contribution in [0.2, 0.25) is 0 Å². The van der Waals surface area contributed by atoms with Crippen LogP contribution in [-0.4, -0.2) is 24.7 Å². The molecular weight excluding hydrogens is 316 g/mol. The van der Waals surface area contributed by atoms with Crippen molar-refractivity contribution in [2.24, 2.45) is 0 Å². The second-order valence-electron chi connectivity index (χ2n) is 6.08. The summed E-state index contributed by atoms with van der Waals surface area (Å²) in [6.07, 6.45) is 2.47. The quantitative estimate of drug-likeness (QED) is 0.787. The molecule has 0 bridgehead atoms. The van der Waals surface area contributed by atoms with Gasteiger partial charge in [-0.15, -0.1) is 11.8 Å². The summed E-state index contributed by atoms with van der Waals surface area (Å²) in [4.78, 5) is 13.6. The number of thioether (sulfide) groups is 1. The molecule has 3 nitrogen and oxygen atoms in total. The monoisotopic (exact) mass is 340 g/mol. The molecule has 0 radical (unpaired) electrons. The van der Waals surface area contributed by atoms with Crippen LogP contribution in [0.4, 0.5) is 5.69 Å². The second-order valence-corrected chi connectivity index (χ2v) is 7.42. The van der Waals surface area contributed by atoms with Gasteiger partial charge in [0.05, 0.1) is 0 Å². The lowest BCUT2D eigenvalue weighted by atomic mass is 9.91. The Balaban J connectivity index is 1.64. The number of nitrogens with one attached hydrogen (secondary N) is 2. The van der Waals surface area contributed by atoms with E-state index in [4.69, 9.17) is 0 Å². The number of piperidine rings is 1. The average molecular weight is 340 g/mol. The Morgan fingerprint density at radius 3 is 2.79 bits per heavy atom. The van der Waals surface area contributed by atoms with Crippen molar-refractivity contribution in [3.8, 4) is 0 Å². The van der Waals surface area contributed by atoms with E-state index in [0.717, 1.165) is 29.4 Å². The summed E-state index contributed by atoms with van der Waals surface area (Å²) in [6.45, 7) is 4.29. The maximum absolute atomic E-state index is 12.4. The number of anilines is 1. The third kappa shape index (κ3) is 4.40. The van der Waals surface area contributed by atoms with E-state index in [1.165, 1.54) is 18.4 Å². The second kappa shape index (κ2) is 8.36. The Bertz CT molecular complexity index is 678. The van der Waals surface area contributed by atoms with Gasteiger partial charge >= 0.3 is 0 Å². The molecule has 1 aliphatic rings. The van der Waals surface area contributed by atoms with Gasteiger partial charge in [0.15, 0.2) is 0 Å². The van der Waals surface area contributed by atoms with Crippen molar-refractivity contribution in [2.75, 3.05) is 24.2 Å². The highest BCUT2D eigenvalue weighted by atomic mass is 32.2. The molecule has 0 aromatic heterocycles. The third-order valence-corrected chi connectivity index (χ3v) is 5.22. The highest BCUT2D eigenvalue weighted by Crippen LogP contribution is 2.25. The zero-order chi connectivity index (χ0) is 16.8. The highest BCUT2D eigenvalue weighted by molar-refractivity contribution is 7.99. The van der Waals surface area contributed by atoms with Gasteiger partial charge in [0.1, 0.15) is 0 Å². The number of rotatable bonds is 5. The molecule has 4 heteroatoms. The standard InChI is InChI=1S/C20H24N2OS/c1-2-24-19-7-3-5-16(13-19)20(23)22-18-10-8-15(9-11-18)17-6-4-12-21-14-17/h3,5,7-11,13,17,21H,2,4,6,12,14H2,1H3,(H,22,23). The van der Waals surface area contributed by atoms with Gasteiger partial charge in [0.2, 0.25) is 0 Å². The molecule has 0 spiro atoms. The first-order chi connectivity index (χ1) is 11.8. The van der Waals surface area contributed by atoms with Crippen LogP contribution in [0.3, 0.4) is 0 Å². The van der Waals surface area contributed by atoms with E-state index in [1.807, 2.05) is 36.4 Å². The summed E-state index contributed by atoms with van der Waals surface area (Å²) < 4.78 is 0. The summed E-state index contributed by atoms with van der Waals surface area (Å²) in [5.41, 5.74) is 2.90. The van der Waals surface area contributed by atoms with Gasteiger partial charge in [-0.1, -0.05) is 25.1 Å². The van der Waals surface area contributed by atoms with Gasteiger partial charge in [-0.3, -0.25) is 4.79 Å². The van der Waals surface area contributed by atoms with Crippen LogP contribution in [0.1, 0.15) is 41.6 Å². The van der Waals surface area contributed by atoms with E-state index in [1.54, 1.807) is 11.8 Å². The Kier molecular flexibility index (Phi) is 5.94. The maximum atomic E-state index is 12.4. The molecule has 3 rings (SSSR count). The van der Waals surface area contributed by atoms with Gasteiger partial charge in [-0.25, -0.2) is 0 Å². The zero-order valence-corrected chi connectivity index (χ0v) is 14.9. The minimum Gasteiger partial charge on any atom is -0.322 e. The van der Waals surface area contributed by atoms with E-state index in [0.29, 0.717) is 11.5 Å². The fourth-order valence-corrected chi connectivity index (χ4v) is 3.79. The van der Waals surface area contributed by atoms with Gasteiger partial charge in [0.25, 0.3) is 5.91 Å². The number of amides is 1. The number of carbonyl (C=O) groups is 1. The van der Waals surface area contributed by atoms with Gasteiger partial charge in [-0.2, -0.15) is 0 Å². The first kappa shape index (κ1) is 17.1. The molecule has 1 heterocycles. The summed E-state index contributed by atoms with van der Waals surface area (Å²) in [7, 11) is 0. The molecule has 2 aromatic rings. The maximum Gasteiger partial charge on any atom is 0.255 e. The number of carbonyl (C=O) groups excluding carboxylic acids is 1. The molecule has 24 heavy (non-hydrogen) atoms. The largest absolute Gasteiger partial charge is 0.322 e. The van der Waals surface area contributed by atoms with Crippen molar-refractivity contribution in [3.63, 3.8) is 0 Å². The summed E-state index contributed by atoms with van der Waals surface area (Å²) in [5, 5.41) is 6.44. The van der Waals surface area contributed by atoms with Crippen molar-refractivity contribution < 1.29 is 4.79 Å². The molecule has 1 aliphatic heterocycles. The van der Waals surface area contributed by atoms with Crippen molar-refractivity contribution in [3.05, 3.63) is 59.7 Å². The normalized spacial score (nSPS) is 17.5. The van der Waals surface area contributed by atoms with E-state index in [2.05, 4.69) is 29.7 Å². The van der Waals surface area contributed by atoms with Crippen molar-refractivity contribution in [1.29, 1.82) is 0 Å². The number of hydrogen-bond donors (Lipinski definition) is 2. The van der Waals surface area contributed by atoms with Crippen molar-refractivity contribution in [1.82, 2.24) is 5.32 Å². The Hall–Kier alpha value is -1.78. The molecule has 2 aromatic carbocycles. The summed E-state index contributed by atoms with van der Waals surface area (Å²) >= 11 is 1.74. The minimum atomic E-state index is -0.0550. The van der Waals surface area contributed by atoms with Crippen LogP contribution in [0.5, 0.6) is 0 Å². The van der Waals surface area contributed by atoms with E-state index in [-0.39, 0.29) is 5.91 Å². The van der Waals surface area contributed by atoms with Crippen LogP contribution in [-0.2, 0) is 0 Å². The smallest absolute Gasteiger partial charge is 0.255 e. The van der Waals surface area contributed by atoms with Crippen LogP contribution in [0.25, 0.3) is 0 Å². The van der Waals surface area contributed by atoms with Crippen LogP contribution in [0, 0.1) is 0 Å². The molecule has 1 atom stereocenters. The van der Waals surface area contributed by atoms with Crippen molar-refractivity contribution in [2.45, 2.75) is 30.6 Å². The topological polar surface area (TPSA) is 41.1 Å². The lowest BCUT2D eigenvalue weighted by Gasteiger charge is -2.23. The molecule has 1 saturated heterocycles. The minimum absolute atomic E-state index is 0.0550. The van der Waals surface area contributed by atoms with Crippen LogP contribution in [0.15, 0.2) is 53.4 Å². The zero-order valence-electron chi connectivity index (χ0n) is 14.0. The first-order valence-electron chi connectivity index (χ1n) is 8.61. The predicted octanol–water partition coefficient (Wildman–Crippen LogP) is 4.52. The average Bonchev–Trinajstić information content (AvgIpc) is 2.64. The summed E-state index contributed by atoms with van der Waals surface area (Å²) in [5.74, 6) is 1.54. The molecule has 1 fully saturated rings. The molecule has 2 N–H and O–H groups in total. The first-order valence-corrected chi connectivity index (χ1v) is 9.59. The molecule has 1 amide bonds.